The molecule has 0 atom stereocenters. The van der Waals surface area contributed by atoms with Gasteiger partial charge in [0.05, 0.1) is 12.3 Å². The van der Waals surface area contributed by atoms with Gasteiger partial charge in [-0.05, 0) is 36.1 Å². The molecule has 0 unspecified atom stereocenters. The van der Waals surface area contributed by atoms with Gasteiger partial charge in [-0.15, -0.1) is 21.5 Å². The molecule has 2 heterocycles. The summed E-state index contributed by atoms with van der Waals surface area (Å²) in [5.74, 6) is 0.447. The number of thioether (sulfide) groups is 1. The Bertz CT molecular complexity index is 832. The van der Waals surface area contributed by atoms with Crippen molar-refractivity contribution in [1.82, 2.24) is 15.1 Å². The highest BCUT2D eigenvalue weighted by Gasteiger charge is 2.13. The van der Waals surface area contributed by atoms with Gasteiger partial charge in [-0.25, -0.2) is 0 Å². The Hall–Kier alpha value is -1.90. The quantitative estimate of drug-likeness (QED) is 0.606. The number of nitrogens with zero attached hydrogens (tertiary/aromatic N) is 3. The van der Waals surface area contributed by atoms with E-state index in [0.717, 1.165) is 15.2 Å². The Morgan fingerprint density at radius 1 is 1.28 bits per heavy atom. The number of thiophene rings is 1. The van der Waals surface area contributed by atoms with Gasteiger partial charge in [-0.2, -0.15) is 0 Å². The van der Waals surface area contributed by atoms with Gasteiger partial charge in [0.2, 0.25) is 11.0 Å². The van der Waals surface area contributed by atoms with Crippen LogP contribution in [0.15, 0.2) is 46.1 Å². The molecule has 3 rings (SSSR count). The summed E-state index contributed by atoms with van der Waals surface area (Å²) in [5.41, 5.74) is 2.17. The standard InChI is InChI=1S/C17H18N4OS3/c1-12-5-3-6-13(9-12)18-16-19-20-17(25-16)24-11-15(22)21(2)10-14-7-4-8-23-14/h3-9H,10-11H2,1-2H3,(H,18,19). The fraction of sp³-hybridized carbons (Fsp3) is 0.235. The molecule has 130 valence electrons. The monoisotopic (exact) mass is 390 g/mol. The van der Waals surface area contributed by atoms with Gasteiger partial charge < -0.3 is 10.2 Å². The van der Waals surface area contributed by atoms with Crippen molar-refractivity contribution in [3.05, 3.63) is 52.2 Å². The van der Waals surface area contributed by atoms with Crippen molar-refractivity contribution in [3.63, 3.8) is 0 Å². The number of hydrogen-bond donors (Lipinski definition) is 1. The highest BCUT2D eigenvalue weighted by molar-refractivity contribution is 8.01. The number of amides is 1. The second kappa shape index (κ2) is 8.46. The van der Waals surface area contributed by atoms with E-state index in [1.54, 1.807) is 16.2 Å². The number of rotatable bonds is 7. The van der Waals surface area contributed by atoms with E-state index in [1.807, 2.05) is 49.7 Å². The Morgan fingerprint density at radius 3 is 2.92 bits per heavy atom. The smallest absolute Gasteiger partial charge is 0.233 e. The maximum Gasteiger partial charge on any atom is 0.233 e. The van der Waals surface area contributed by atoms with Gasteiger partial charge in [0, 0.05) is 17.6 Å². The minimum absolute atomic E-state index is 0.0850. The van der Waals surface area contributed by atoms with Crippen LogP contribution in [0.4, 0.5) is 10.8 Å². The lowest BCUT2D eigenvalue weighted by molar-refractivity contribution is -0.127. The first-order valence-electron chi connectivity index (χ1n) is 7.66. The van der Waals surface area contributed by atoms with Crippen LogP contribution in [0.25, 0.3) is 0 Å². The molecule has 1 amide bonds. The van der Waals surface area contributed by atoms with Gasteiger partial charge in [-0.3, -0.25) is 4.79 Å². The molecule has 0 radical (unpaired) electrons. The molecule has 0 bridgehead atoms. The molecule has 0 aliphatic heterocycles. The predicted molar refractivity (Wildman–Crippen MR) is 106 cm³/mol. The van der Waals surface area contributed by atoms with Crippen molar-refractivity contribution in [3.8, 4) is 0 Å². The number of anilines is 2. The Kier molecular flexibility index (Phi) is 6.06. The number of carbonyl (C=O) groups is 1. The first-order valence-corrected chi connectivity index (χ1v) is 10.3. The fourth-order valence-corrected chi connectivity index (χ4v) is 4.59. The molecule has 0 saturated carbocycles. The van der Waals surface area contributed by atoms with Crippen LogP contribution in [0.3, 0.4) is 0 Å². The average molecular weight is 391 g/mol. The second-order valence-electron chi connectivity index (χ2n) is 5.49. The van der Waals surface area contributed by atoms with E-state index in [4.69, 9.17) is 0 Å². The molecular weight excluding hydrogens is 372 g/mol. The van der Waals surface area contributed by atoms with Crippen molar-refractivity contribution in [1.29, 1.82) is 0 Å². The lowest BCUT2D eigenvalue weighted by Crippen LogP contribution is -2.27. The second-order valence-corrected chi connectivity index (χ2v) is 8.72. The lowest BCUT2D eigenvalue weighted by atomic mass is 10.2. The van der Waals surface area contributed by atoms with Crippen LogP contribution < -0.4 is 5.32 Å². The average Bonchev–Trinajstić information content (AvgIpc) is 3.24. The number of aromatic nitrogens is 2. The summed E-state index contributed by atoms with van der Waals surface area (Å²) >= 11 is 4.53. The normalized spacial score (nSPS) is 10.6. The largest absolute Gasteiger partial charge is 0.340 e. The SMILES string of the molecule is Cc1cccc(Nc2nnc(SCC(=O)N(C)Cc3cccs3)s2)c1. The summed E-state index contributed by atoms with van der Waals surface area (Å²) in [4.78, 5) is 15.2. The van der Waals surface area contributed by atoms with Crippen LogP contribution in [0.2, 0.25) is 0 Å². The maximum atomic E-state index is 12.2. The molecule has 1 N–H and O–H groups in total. The molecule has 8 heteroatoms. The third kappa shape index (κ3) is 5.29. The van der Waals surface area contributed by atoms with Crippen LogP contribution in [0.1, 0.15) is 10.4 Å². The molecule has 0 aliphatic carbocycles. The minimum Gasteiger partial charge on any atom is -0.340 e. The van der Waals surface area contributed by atoms with Gasteiger partial charge >= 0.3 is 0 Å². The molecule has 1 aromatic carbocycles. The van der Waals surface area contributed by atoms with E-state index >= 15 is 0 Å². The van der Waals surface area contributed by atoms with Crippen molar-refractivity contribution in [2.75, 3.05) is 18.1 Å². The Morgan fingerprint density at radius 2 is 2.16 bits per heavy atom. The molecule has 3 aromatic rings. The molecule has 2 aromatic heterocycles. The lowest BCUT2D eigenvalue weighted by Gasteiger charge is -2.15. The Balaban J connectivity index is 1.50. The van der Waals surface area contributed by atoms with Crippen molar-refractivity contribution >= 4 is 51.2 Å². The zero-order valence-electron chi connectivity index (χ0n) is 13.9. The zero-order chi connectivity index (χ0) is 17.6. The molecule has 0 fully saturated rings. The molecule has 0 spiro atoms. The number of aryl methyl sites for hydroxylation is 1. The third-order valence-corrected chi connectivity index (χ3v) is 6.21. The van der Waals surface area contributed by atoms with Gasteiger partial charge in [0.25, 0.3) is 0 Å². The summed E-state index contributed by atoms with van der Waals surface area (Å²) in [6.45, 7) is 2.69. The zero-order valence-corrected chi connectivity index (χ0v) is 16.4. The fourth-order valence-electron chi connectivity index (χ4n) is 2.12. The number of benzene rings is 1. The van der Waals surface area contributed by atoms with Crippen LogP contribution in [-0.2, 0) is 11.3 Å². The maximum absolute atomic E-state index is 12.2. The molecule has 0 aliphatic rings. The van der Waals surface area contributed by atoms with Crippen molar-refractivity contribution < 1.29 is 4.79 Å². The highest BCUT2D eigenvalue weighted by atomic mass is 32.2. The summed E-state index contributed by atoms with van der Waals surface area (Å²) in [6, 6.07) is 12.1. The first kappa shape index (κ1) is 17.9. The summed E-state index contributed by atoms with van der Waals surface area (Å²) in [5, 5.41) is 14.3. The van der Waals surface area contributed by atoms with Gasteiger partial charge in [0.1, 0.15) is 0 Å². The molecule has 25 heavy (non-hydrogen) atoms. The van der Waals surface area contributed by atoms with E-state index in [2.05, 4.69) is 21.6 Å². The van der Waals surface area contributed by atoms with Crippen molar-refractivity contribution in [2.45, 2.75) is 17.8 Å². The van der Waals surface area contributed by atoms with E-state index in [0.29, 0.717) is 12.3 Å². The number of hydrogen-bond acceptors (Lipinski definition) is 7. The topological polar surface area (TPSA) is 58.1 Å². The summed E-state index contributed by atoms with van der Waals surface area (Å²) in [6.07, 6.45) is 0. The summed E-state index contributed by atoms with van der Waals surface area (Å²) < 4.78 is 0.785. The van der Waals surface area contributed by atoms with E-state index in [-0.39, 0.29) is 5.91 Å². The van der Waals surface area contributed by atoms with Gasteiger partial charge in [0.15, 0.2) is 4.34 Å². The third-order valence-electron chi connectivity index (χ3n) is 3.39. The molecular formula is C17H18N4OS3. The minimum atomic E-state index is 0.0850. The van der Waals surface area contributed by atoms with Gasteiger partial charge in [-0.1, -0.05) is 41.3 Å². The van der Waals surface area contributed by atoms with Crippen LogP contribution in [-0.4, -0.2) is 33.8 Å². The number of carbonyl (C=O) groups excluding carboxylic acids is 1. The van der Waals surface area contributed by atoms with Crippen LogP contribution >= 0.6 is 34.4 Å². The van der Waals surface area contributed by atoms with E-state index in [1.165, 1.54) is 33.5 Å². The van der Waals surface area contributed by atoms with Crippen LogP contribution in [0.5, 0.6) is 0 Å². The van der Waals surface area contributed by atoms with Crippen molar-refractivity contribution in [2.24, 2.45) is 0 Å². The van der Waals surface area contributed by atoms with E-state index in [9.17, 15) is 4.79 Å². The summed E-state index contributed by atoms with van der Waals surface area (Å²) in [7, 11) is 1.83. The highest BCUT2D eigenvalue weighted by Crippen LogP contribution is 2.28. The Labute approximate surface area is 159 Å². The van der Waals surface area contributed by atoms with E-state index < -0.39 is 0 Å². The molecule has 0 saturated heterocycles. The number of nitrogens with one attached hydrogen (secondary N) is 1. The predicted octanol–water partition coefficient (Wildman–Crippen LogP) is 4.40. The molecule has 5 nitrogen and oxygen atoms in total. The first-order chi connectivity index (χ1) is 12.1. The van der Waals surface area contributed by atoms with Crippen LogP contribution in [0, 0.1) is 6.92 Å².